The molecule has 2 aromatic carbocycles. The van der Waals surface area contributed by atoms with Gasteiger partial charge >= 0.3 is 5.69 Å². The van der Waals surface area contributed by atoms with Crippen molar-refractivity contribution in [2.75, 3.05) is 0 Å². The van der Waals surface area contributed by atoms with Gasteiger partial charge in [0.2, 0.25) is 5.69 Å². The Labute approximate surface area is 166 Å². The monoisotopic (exact) mass is 396 g/mol. The number of aromatic nitrogens is 3. The van der Waals surface area contributed by atoms with Crippen molar-refractivity contribution in [2.24, 2.45) is 0 Å². The molecule has 0 aliphatic carbocycles. The van der Waals surface area contributed by atoms with Gasteiger partial charge < -0.3 is 5.32 Å². The van der Waals surface area contributed by atoms with E-state index in [9.17, 15) is 18.8 Å². The van der Waals surface area contributed by atoms with Gasteiger partial charge in [0.1, 0.15) is 5.82 Å². The van der Waals surface area contributed by atoms with E-state index >= 15 is 0 Å². The van der Waals surface area contributed by atoms with Crippen LogP contribution in [0.25, 0.3) is 5.69 Å². The second-order valence-corrected chi connectivity index (χ2v) is 6.99. The van der Waals surface area contributed by atoms with Crippen molar-refractivity contribution in [3.63, 3.8) is 0 Å². The minimum Gasteiger partial charge on any atom is -0.348 e. The summed E-state index contributed by atoms with van der Waals surface area (Å²) in [6.45, 7) is 5.05. The predicted molar refractivity (Wildman–Crippen MR) is 107 cm³/mol. The van der Waals surface area contributed by atoms with Crippen LogP contribution in [0.4, 0.5) is 4.39 Å². The molecule has 0 saturated heterocycles. The summed E-state index contributed by atoms with van der Waals surface area (Å²) >= 11 is 0. The highest BCUT2D eigenvalue weighted by molar-refractivity contribution is 5.91. The predicted octanol–water partition coefficient (Wildman–Crippen LogP) is 2.03. The molecule has 0 aliphatic rings. The van der Waals surface area contributed by atoms with E-state index in [1.807, 2.05) is 6.92 Å². The first-order valence-corrected chi connectivity index (χ1v) is 9.13. The molecular weight excluding hydrogens is 375 g/mol. The fourth-order valence-electron chi connectivity index (χ4n) is 2.78. The number of nitrogens with zero attached hydrogens (tertiary/aromatic N) is 3. The fraction of sp³-hybridized carbons (Fsp3) is 0.238. The Kier molecular flexibility index (Phi) is 5.72. The zero-order valence-corrected chi connectivity index (χ0v) is 16.3. The Balaban J connectivity index is 2.23. The van der Waals surface area contributed by atoms with E-state index < -0.39 is 28.7 Å². The molecule has 0 radical (unpaired) electrons. The van der Waals surface area contributed by atoms with Crippen molar-refractivity contribution < 1.29 is 9.18 Å². The molecule has 0 aliphatic heterocycles. The molecule has 1 heterocycles. The lowest BCUT2D eigenvalue weighted by atomic mass is 10.2. The molecule has 7 nitrogen and oxygen atoms in total. The van der Waals surface area contributed by atoms with Crippen molar-refractivity contribution in [1.29, 1.82) is 0 Å². The molecule has 0 spiro atoms. The molecule has 0 unspecified atom stereocenters. The van der Waals surface area contributed by atoms with Crippen LogP contribution < -0.4 is 16.6 Å². The number of amides is 1. The first-order valence-electron chi connectivity index (χ1n) is 9.13. The summed E-state index contributed by atoms with van der Waals surface area (Å²) in [7, 11) is 0. The lowest BCUT2D eigenvalue weighted by Gasteiger charge is -2.13. The van der Waals surface area contributed by atoms with Crippen LogP contribution in [0.3, 0.4) is 0 Å². The standard InChI is InChI=1S/C21H21FN4O3/c1-13(2)23-19(27)18-20(28)25(12-15-6-4-5-7-17(15)22)21(29)26(24-18)16-10-8-14(3)9-11-16/h4-11,13H,12H2,1-3H3,(H,23,27). The van der Waals surface area contributed by atoms with Crippen molar-refractivity contribution in [3.05, 3.63) is 92.0 Å². The molecule has 1 aromatic heterocycles. The van der Waals surface area contributed by atoms with Crippen LogP contribution in [0.1, 0.15) is 35.5 Å². The van der Waals surface area contributed by atoms with Gasteiger partial charge in [-0.25, -0.2) is 9.18 Å². The second kappa shape index (κ2) is 8.22. The zero-order valence-electron chi connectivity index (χ0n) is 16.3. The maximum Gasteiger partial charge on any atom is 0.352 e. The number of benzene rings is 2. The number of rotatable bonds is 5. The van der Waals surface area contributed by atoms with Crippen LogP contribution in [-0.2, 0) is 6.54 Å². The lowest BCUT2D eigenvalue weighted by molar-refractivity contribution is 0.0933. The lowest BCUT2D eigenvalue weighted by Crippen LogP contribution is -2.46. The molecule has 0 saturated carbocycles. The number of carbonyl (C=O) groups excluding carboxylic acids is 1. The summed E-state index contributed by atoms with van der Waals surface area (Å²) in [5, 5.41) is 6.62. The number of aryl methyl sites for hydroxylation is 1. The Hall–Kier alpha value is -3.55. The van der Waals surface area contributed by atoms with Crippen LogP contribution in [0.5, 0.6) is 0 Å². The van der Waals surface area contributed by atoms with Crippen molar-refractivity contribution in [2.45, 2.75) is 33.4 Å². The van der Waals surface area contributed by atoms with E-state index in [1.54, 1.807) is 44.2 Å². The largest absolute Gasteiger partial charge is 0.352 e. The molecular formula is C21H21FN4O3. The zero-order chi connectivity index (χ0) is 21.1. The minimum absolute atomic E-state index is 0.156. The molecule has 29 heavy (non-hydrogen) atoms. The summed E-state index contributed by atoms with van der Waals surface area (Å²) in [5.74, 6) is -1.25. The average molecular weight is 396 g/mol. The highest BCUT2D eigenvalue weighted by Gasteiger charge is 2.21. The summed E-state index contributed by atoms with van der Waals surface area (Å²) in [6, 6.07) is 12.5. The van der Waals surface area contributed by atoms with E-state index in [1.165, 1.54) is 18.2 Å². The van der Waals surface area contributed by atoms with Gasteiger partial charge in [-0.3, -0.25) is 14.2 Å². The van der Waals surface area contributed by atoms with Crippen LogP contribution in [0.15, 0.2) is 58.1 Å². The van der Waals surface area contributed by atoms with Crippen LogP contribution in [0, 0.1) is 12.7 Å². The average Bonchev–Trinajstić information content (AvgIpc) is 2.67. The number of hydrogen-bond donors (Lipinski definition) is 1. The Morgan fingerprint density at radius 2 is 1.76 bits per heavy atom. The Bertz CT molecular complexity index is 1160. The van der Waals surface area contributed by atoms with Crippen LogP contribution >= 0.6 is 0 Å². The third kappa shape index (κ3) is 4.31. The van der Waals surface area contributed by atoms with Crippen LogP contribution in [-0.4, -0.2) is 26.3 Å². The number of hydrogen-bond acceptors (Lipinski definition) is 4. The maximum absolute atomic E-state index is 14.1. The molecule has 1 N–H and O–H groups in total. The molecule has 0 fully saturated rings. The highest BCUT2D eigenvalue weighted by atomic mass is 19.1. The highest BCUT2D eigenvalue weighted by Crippen LogP contribution is 2.08. The van der Waals surface area contributed by atoms with Gasteiger partial charge in [0.25, 0.3) is 11.5 Å². The molecule has 8 heteroatoms. The van der Waals surface area contributed by atoms with E-state index in [0.717, 1.165) is 14.8 Å². The third-order valence-electron chi connectivity index (χ3n) is 4.26. The molecule has 150 valence electrons. The fourth-order valence-corrected chi connectivity index (χ4v) is 2.78. The minimum atomic E-state index is -0.875. The molecule has 3 rings (SSSR count). The quantitative estimate of drug-likeness (QED) is 0.715. The van der Waals surface area contributed by atoms with Gasteiger partial charge in [-0.05, 0) is 39.0 Å². The normalized spacial score (nSPS) is 10.9. The van der Waals surface area contributed by atoms with Crippen molar-refractivity contribution in [3.8, 4) is 5.69 Å². The summed E-state index contributed by atoms with van der Waals surface area (Å²) in [6.07, 6.45) is 0. The van der Waals surface area contributed by atoms with Crippen molar-refractivity contribution >= 4 is 5.91 Å². The Morgan fingerprint density at radius 3 is 2.38 bits per heavy atom. The maximum atomic E-state index is 14.1. The van der Waals surface area contributed by atoms with E-state index in [0.29, 0.717) is 5.69 Å². The molecule has 1 amide bonds. The smallest absolute Gasteiger partial charge is 0.348 e. The van der Waals surface area contributed by atoms with Gasteiger partial charge in [0.05, 0.1) is 12.2 Å². The summed E-state index contributed by atoms with van der Waals surface area (Å²) < 4.78 is 15.9. The van der Waals surface area contributed by atoms with E-state index in [2.05, 4.69) is 10.4 Å². The van der Waals surface area contributed by atoms with Gasteiger partial charge in [-0.15, -0.1) is 0 Å². The SMILES string of the molecule is Cc1ccc(-n2nc(C(=O)NC(C)C)c(=O)n(Cc3ccccc3F)c2=O)cc1. The first kappa shape index (κ1) is 20.2. The van der Waals surface area contributed by atoms with Gasteiger partial charge in [-0.2, -0.15) is 9.78 Å². The van der Waals surface area contributed by atoms with Crippen LogP contribution in [0.2, 0.25) is 0 Å². The summed E-state index contributed by atoms with van der Waals surface area (Å²) in [5.41, 5.74) is -0.553. The Morgan fingerprint density at radius 1 is 1.10 bits per heavy atom. The number of carbonyl (C=O) groups is 1. The topological polar surface area (TPSA) is 86.0 Å². The number of halogens is 1. The third-order valence-corrected chi connectivity index (χ3v) is 4.26. The van der Waals surface area contributed by atoms with E-state index in [4.69, 9.17) is 0 Å². The molecule has 0 bridgehead atoms. The van der Waals surface area contributed by atoms with E-state index in [-0.39, 0.29) is 18.2 Å². The van der Waals surface area contributed by atoms with Gasteiger partial charge in [0, 0.05) is 11.6 Å². The number of nitrogens with one attached hydrogen (secondary N) is 1. The summed E-state index contributed by atoms with van der Waals surface area (Å²) in [4.78, 5) is 38.4. The first-order chi connectivity index (χ1) is 13.8. The van der Waals surface area contributed by atoms with Crippen molar-refractivity contribution in [1.82, 2.24) is 19.7 Å². The molecule has 3 aromatic rings. The van der Waals surface area contributed by atoms with Gasteiger partial charge in [0.15, 0.2) is 0 Å². The molecule has 0 atom stereocenters. The second-order valence-electron chi connectivity index (χ2n) is 6.99. The van der Waals surface area contributed by atoms with Gasteiger partial charge in [-0.1, -0.05) is 35.9 Å².